The third-order valence-electron chi connectivity index (χ3n) is 2.67. The molecule has 120 valence electrons. The zero-order chi connectivity index (χ0) is 14.9. The molecule has 0 spiro atoms. The maximum Gasteiger partial charge on any atom is 0.636 e. The Morgan fingerprint density at radius 2 is 1.05 bits per heavy atom. The van der Waals surface area contributed by atoms with Crippen LogP contribution in [0.5, 0.6) is 0 Å². The van der Waals surface area contributed by atoms with Crippen molar-refractivity contribution in [1.82, 2.24) is 0 Å². The van der Waals surface area contributed by atoms with Gasteiger partial charge in [0.1, 0.15) is 0 Å². The molecule has 0 saturated heterocycles. The molecule has 0 aromatic rings. The third kappa shape index (κ3) is 15.9. The van der Waals surface area contributed by atoms with Crippen LogP contribution in [0.15, 0.2) is 0 Å². The van der Waals surface area contributed by atoms with Gasteiger partial charge in [0, 0.05) is 39.6 Å². The van der Waals surface area contributed by atoms with E-state index < -0.39 is 7.32 Å². The van der Waals surface area contributed by atoms with Gasteiger partial charge in [-0.3, -0.25) is 0 Å². The molecule has 0 aliphatic rings. The Labute approximate surface area is 124 Å². The van der Waals surface area contributed by atoms with Crippen molar-refractivity contribution >= 4 is 7.32 Å². The Morgan fingerprint density at radius 1 is 0.650 bits per heavy atom. The van der Waals surface area contributed by atoms with Crippen LogP contribution in [0, 0.1) is 0 Å². The lowest BCUT2D eigenvalue weighted by atomic mass is 10.2. The average molecular weight is 290 g/mol. The Bertz CT molecular complexity index is 165. The maximum atomic E-state index is 9.40. The summed E-state index contributed by atoms with van der Waals surface area (Å²) in [4.78, 5) is 0. The first-order valence-electron chi connectivity index (χ1n) is 7.88. The Kier molecular flexibility index (Phi) is 16.8. The van der Waals surface area contributed by atoms with Crippen LogP contribution in [0.1, 0.15) is 52.4 Å². The minimum Gasteiger partial charge on any atom is -0.402 e. The van der Waals surface area contributed by atoms with Gasteiger partial charge < -0.3 is 23.8 Å². The average Bonchev–Trinajstić information content (AvgIpc) is 2.45. The fourth-order valence-corrected chi connectivity index (χ4v) is 1.44. The summed E-state index contributed by atoms with van der Waals surface area (Å²) in [5, 5.41) is 9.40. The van der Waals surface area contributed by atoms with E-state index in [1.807, 2.05) is 0 Å². The SMILES string of the molecule is CCCCOCCCOB(O)OCCCOCCCC. The topological polar surface area (TPSA) is 57.2 Å². The first kappa shape index (κ1) is 19.9. The molecule has 0 saturated carbocycles. The highest BCUT2D eigenvalue weighted by Crippen LogP contribution is 1.94. The number of hydrogen-bond acceptors (Lipinski definition) is 5. The van der Waals surface area contributed by atoms with Crippen LogP contribution in [-0.4, -0.2) is 52.0 Å². The van der Waals surface area contributed by atoms with Crippen LogP contribution < -0.4 is 0 Å². The molecule has 0 heterocycles. The first-order valence-corrected chi connectivity index (χ1v) is 7.88. The summed E-state index contributed by atoms with van der Waals surface area (Å²) in [5.41, 5.74) is 0. The van der Waals surface area contributed by atoms with Gasteiger partial charge in [-0.05, 0) is 25.7 Å². The maximum absolute atomic E-state index is 9.40. The van der Waals surface area contributed by atoms with Gasteiger partial charge in [0.05, 0.1) is 0 Å². The molecule has 0 unspecified atom stereocenters. The summed E-state index contributed by atoms with van der Waals surface area (Å²) < 4.78 is 21.0. The fourth-order valence-electron chi connectivity index (χ4n) is 1.44. The van der Waals surface area contributed by atoms with Crippen molar-refractivity contribution in [3.05, 3.63) is 0 Å². The van der Waals surface area contributed by atoms with E-state index in [0.717, 1.165) is 51.7 Å². The molecule has 20 heavy (non-hydrogen) atoms. The molecule has 0 atom stereocenters. The molecule has 0 aliphatic heterocycles. The summed E-state index contributed by atoms with van der Waals surface area (Å²) >= 11 is 0. The van der Waals surface area contributed by atoms with E-state index >= 15 is 0 Å². The lowest BCUT2D eigenvalue weighted by Gasteiger charge is -2.09. The number of unbranched alkanes of at least 4 members (excludes halogenated alkanes) is 2. The summed E-state index contributed by atoms with van der Waals surface area (Å²) in [5.74, 6) is 0. The zero-order valence-electron chi connectivity index (χ0n) is 13.1. The van der Waals surface area contributed by atoms with E-state index in [0.29, 0.717) is 26.4 Å². The summed E-state index contributed by atoms with van der Waals surface area (Å²) in [7, 11) is -1.14. The predicted molar refractivity (Wildman–Crippen MR) is 80.6 cm³/mol. The van der Waals surface area contributed by atoms with Crippen LogP contribution in [0.4, 0.5) is 0 Å². The summed E-state index contributed by atoms with van der Waals surface area (Å²) in [6.07, 6.45) is 6.00. The van der Waals surface area contributed by atoms with E-state index in [4.69, 9.17) is 18.8 Å². The van der Waals surface area contributed by atoms with Crippen molar-refractivity contribution in [2.75, 3.05) is 39.6 Å². The number of ether oxygens (including phenoxy) is 2. The minimum absolute atomic E-state index is 0.445. The van der Waals surface area contributed by atoms with Gasteiger partial charge in [0.15, 0.2) is 0 Å². The van der Waals surface area contributed by atoms with Gasteiger partial charge in [-0.15, -0.1) is 0 Å². The van der Waals surface area contributed by atoms with Crippen LogP contribution in [0.2, 0.25) is 0 Å². The lowest BCUT2D eigenvalue weighted by molar-refractivity contribution is 0.0818. The van der Waals surface area contributed by atoms with Gasteiger partial charge in [-0.25, -0.2) is 0 Å². The second kappa shape index (κ2) is 16.9. The molecule has 0 aromatic heterocycles. The lowest BCUT2D eigenvalue weighted by Crippen LogP contribution is -2.24. The standard InChI is InChI=1S/C14H31BO5/c1-3-5-9-17-11-7-13-19-15(16)20-14-8-12-18-10-6-4-2/h16H,3-14H2,1-2H3. The summed E-state index contributed by atoms with van der Waals surface area (Å²) in [6.45, 7) is 8.09. The highest BCUT2D eigenvalue weighted by atomic mass is 16.7. The van der Waals surface area contributed by atoms with E-state index in [-0.39, 0.29) is 0 Å². The van der Waals surface area contributed by atoms with Gasteiger partial charge in [-0.1, -0.05) is 26.7 Å². The quantitative estimate of drug-likeness (QED) is 0.349. The van der Waals surface area contributed by atoms with Gasteiger partial charge >= 0.3 is 7.32 Å². The van der Waals surface area contributed by atoms with Crippen LogP contribution in [0.3, 0.4) is 0 Å². The molecule has 1 N–H and O–H groups in total. The minimum atomic E-state index is -1.14. The largest absolute Gasteiger partial charge is 0.636 e. The van der Waals surface area contributed by atoms with Crippen LogP contribution in [-0.2, 0) is 18.8 Å². The third-order valence-corrected chi connectivity index (χ3v) is 2.67. The highest BCUT2D eigenvalue weighted by molar-refractivity contribution is 6.34. The molecular formula is C14H31BO5. The molecule has 0 bridgehead atoms. The Balaban J connectivity index is 3.11. The second-order valence-corrected chi connectivity index (χ2v) is 4.69. The number of rotatable bonds is 16. The molecule has 0 aromatic carbocycles. The van der Waals surface area contributed by atoms with Gasteiger partial charge in [0.25, 0.3) is 0 Å². The Hall–Kier alpha value is -0.135. The first-order chi connectivity index (χ1) is 9.81. The monoisotopic (exact) mass is 290 g/mol. The molecule has 0 rings (SSSR count). The molecule has 6 heteroatoms. The van der Waals surface area contributed by atoms with E-state index in [9.17, 15) is 5.02 Å². The molecule has 5 nitrogen and oxygen atoms in total. The smallest absolute Gasteiger partial charge is 0.402 e. The fraction of sp³-hybridized carbons (Fsp3) is 1.00. The molecular weight excluding hydrogens is 259 g/mol. The van der Waals surface area contributed by atoms with Gasteiger partial charge in [0.2, 0.25) is 0 Å². The Morgan fingerprint density at radius 3 is 1.45 bits per heavy atom. The van der Waals surface area contributed by atoms with Crippen molar-refractivity contribution < 1.29 is 23.8 Å². The molecule has 0 fully saturated rings. The highest BCUT2D eigenvalue weighted by Gasteiger charge is 2.14. The van der Waals surface area contributed by atoms with Gasteiger partial charge in [-0.2, -0.15) is 0 Å². The van der Waals surface area contributed by atoms with Crippen LogP contribution >= 0.6 is 0 Å². The second-order valence-electron chi connectivity index (χ2n) is 4.69. The molecule has 0 radical (unpaired) electrons. The predicted octanol–water partition coefficient (Wildman–Crippen LogP) is 2.41. The molecule has 0 aliphatic carbocycles. The summed E-state index contributed by atoms with van der Waals surface area (Å²) in [6, 6.07) is 0. The van der Waals surface area contributed by atoms with E-state index in [2.05, 4.69) is 13.8 Å². The van der Waals surface area contributed by atoms with Crippen molar-refractivity contribution in [3.8, 4) is 0 Å². The van der Waals surface area contributed by atoms with Crippen LogP contribution in [0.25, 0.3) is 0 Å². The normalized spacial score (nSPS) is 10.9. The van der Waals surface area contributed by atoms with Crippen molar-refractivity contribution in [2.24, 2.45) is 0 Å². The van der Waals surface area contributed by atoms with E-state index in [1.54, 1.807) is 0 Å². The molecule has 0 amide bonds. The number of hydrogen-bond donors (Lipinski definition) is 1. The van der Waals surface area contributed by atoms with E-state index in [1.165, 1.54) is 0 Å². The van der Waals surface area contributed by atoms with Crippen molar-refractivity contribution in [1.29, 1.82) is 0 Å². The van der Waals surface area contributed by atoms with Crippen molar-refractivity contribution in [3.63, 3.8) is 0 Å². The zero-order valence-corrected chi connectivity index (χ0v) is 13.1. The van der Waals surface area contributed by atoms with Crippen molar-refractivity contribution in [2.45, 2.75) is 52.4 Å².